The fraction of sp³-hybridized carbons (Fsp3) is 0.579. The van der Waals surface area contributed by atoms with Crippen molar-refractivity contribution in [2.24, 2.45) is 35.3 Å². The topological polar surface area (TPSA) is 368 Å². The summed E-state index contributed by atoms with van der Waals surface area (Å²) in [4.78, 5) is 167. The Bertz CT molecular complexity index is 3360. The van der Waals surface area contributed by atoms with Gasteiger partial charge in [0.2, 0.25) is 47.3 Å². The predicted octanol–water partition coefficient (Wildman–Crippen LogP) is 6.64. The number of unbranched alkanes of at least 4 members (excludes halogenated alkanes) is 2. The first kappa shape index (κ1) is 85.4. The fourth-order valence-corrected chi connectivity index (χ4v) is 13.2. The Hall–Kier alpha value is -9.28. The van der Waals surface area contributed by atoms with Crippen LogP contribution in [0, 0.1) is 29.6 Å². The van der Waals surface area contributed by atoms with Crippen LogP contribution in [0.4, 0.5) is 26.7 Å². The third-order valence-corrected chi connectivity index (χ3v) is 19.5. The van der Waals surface area contributed by atoms with Gasteiger partial charge in [-0.15, -0.1) is 0 Å². The molecule has 13 amide bonds. The van der Waals surface area contributed by atoms with Crippen LogP contribution < -0.4 is 48.3 Å². The molecule has 2 heterocycles. The number of hydrogen-bond acceptors (Lipinski definition) is 16. The molecule has 10 N–H and O–H groups in total. The number of benzene rings is 3. The standard InChI is InChI=1S/C76H113N13O15/c1-15-48(7)65(85-73(98)66(47(5)6)86(10)11)74(99)87(12)67(49(8)16-2)59(102-13)44-63(93)88-42-24-28-58(88)68(103-14)50(9)69(94)83-57(43-51-25-19-17-20-26-51)71(96)80-54-34-36-55(37-35-54)81-76(101)104-45-52-30-32-53(33-31-52)79-70(95)56(27-23-40-78-75(77)100)82-72(97)64(46(3)4)84-60(90)29-21-18-22-41-89-61(91)38-39-62(89)92/h17,19-20,25-26,30-39,46-50,56-59,64-68H,15-16,18,21-24,27-29,40-45H2,1-14H3,(H,79,95)(H,80,96)(H,81,101)(H,82,97)(H,83,94)(H,84,90)(H,85,98)(H3,77,78,100)/t48-,49+,50-,56+,57+,58+,59+,64+,65+,66+,67+,68-/m1/s1. The molecule has 12 atom stereocenters. The smallest absolute Gasteiger partial charge is 0.411 e. The van der Waals surface area contributed by atoms with E-state index in [1.54, 1.807) is 86.1 Å². The molecule has 0 bridgehead atoms. The second-order valence-electron chi connectivity index (χ2n) is 28.1. The van der Waals surface area contributed by atoms with Gasteiger partial charge >= 0.3 is 12.1 Å². The van der Waals surface area contributed by atoms with Gasteiger partial charge < -0.3 is 67.0 Å². The maximum atomic E-state index is 14.7. The molecule has 3 aromatic carbocycles. The predicted molar refractivity (Wildman–Crippen MR) is 396 cm³/mol. The van der Waals surface area contributed by atoms with Crippen molar-refractivity contribution in [1.82, 2.24) is 46.2 Å². The largest absolute Gasteiger partial charge is 0.444 e. The Morgan fingerprint density at radius 1 is 0.615 bits per heavy atom. The van der Waals surface area contributed by atoms with Crippen molar-refractivity contribution >= 4 is 88.3 Å². The van der Waals surface area contributed by atoms with Crippen LogP contribution in [0.15, 0.2) is 91.0 Å². The summed E-state index contributed by atoms with van der Waals surface area (Å²) in [5.74, 6) is -5.54. The van der Waals surface area contributed by atoms with Gasteiger partial charge in [-0.25, -0.2) is 9.59 Å². The SMILES string of the molecule is CC[C@@H](C)[C@H](NC(=O)[C@H](C(C)C)N(C)C)C(=O)N(C)[C@H]([C@H](CC(=O)N1CCC[C@H]1[C@H](OC)[C@@H](C)C(=O)N[C@@H](Cc1ccccc1)C(=O)Nc1ccc(NC(=O)OCc2ccc(NC(=O)[C@H](CCCNC(N)=O)NC(=O)[C@@H](NC(=O)CCCCCN3C(=O)C=CC3=O)C(C)C)cc2)cc1)OC)[C@@H](C)CC. The summed E-state index contributed by atoms with van der Waals surface area (Å²) < 4.78 is 17.7. The van der Waals surface area contributed by atoms with Crippen LogP contribution in [0.3, 0.4) is 0 Å². The maximum absolute atomic E-state index is 14.7. The molecule has 28 nitrogen and oxygen atoms in total. The van der Waals surface area contributed by atoms with E-state index in [2.05, 4.69) is 42.5 Å². The zero-order chi connectivity index (χ0) is 76.9. The number of likely N-dealkylation sites (tertiary alicyclic amines) is 1. The van der Waals surface area contributed by atoms with Gasteiger partial charge in [0.05, 0.1) is 42.7 Å². The summed E-state index contributed by atoms with van der Waals surface area (Å²) in [5.41, 5.74) is 7.65. The molecular formula is C76H113N13O15. The molecule has 5 rings (SSSR count). The van der Waals surface area contributed by atoms with Gasteiger partial charge in [-0.3, -0.25) is 63.1 Å². The molecule has 0 spiro atoms. The number of primary amides is 1. The molecule has 104 heavy (non-hydrogen) atoms. The van der Waals surface area contributed by atoms with Gasteiger partial charge in [-0.2, -0.15) is 0 Å². The molecule has 572 valence electrons. The third-order valence-electron chi connectivity index (χ3n) is 19.5. The van der Waals surface area contributed by atoms with Gasteiger partial charge in [0.25, 0.3) is 11.8 Å². The van der Waals surface area contributed by atoms with Crippen molar-refractivity contribution in [2.45, 2.75) is 200 Å². The molecule has 0 aliphatic carbocycles. The first-order valence-electron chi connectivity index (χ1n) is 36.3. The molecule has 3 aromatic rings. The number of imide groups is 1. The number of urea groups is 1. The van der Waals surface area contributed by atoms with Gasteiger partial charge in [0.1, 0.15) is 30.8 Å². The highest BCUT2D eigenvalue weighted by molar-refractivity contribution is 6.13. The number of methoxy groups -OCH3 is 2. The molecule has 2 aliphatic rings. The number of carbonyl (C=O) groups is 12. The van der Waals surface area contributed by atoms with Gasteiger partial charge in [0, 0.05) is 83.0 Å². The summed E-state index contributed by atoms with van der Waals surface area (Å²) in [7, 11) is 8.42. The summed E-state index contributed by atoms with van der Waals surface area (Å²) in [5, 5.41) is 22.4. The highest BCUT2D eigenvalue weighted by Gasteiger charge is 2.44. The van der Waals surface area contributed by atoms with Crippen LogP contribution >= 0.6 is 0 Å². The molecule has 0 saturated carbocycles. The van der Waals surface area contributed by atoms with E-state index in [1.807, 2.05) is 90.9 Å². The molecule has 1 fully saturated rings. The highest BCUT2D eigenvalue weighted by Crippen LogP contribution is 2.31. The molecule has 1 saturated heterocycles. The average molecular weight is 1450 g/mol. The van der Waals surface area contributed by atoms with E-state index in [0.29, 0.717) is 74.1 Å². The number of rotatable bonds is 42. The normalized spacial score (nSPS) is 16.8. The second-order valence-corrected chi connectivity index (χ2v) is 28.1. The molecule has 0 radical (unpaired) electrons. The minimum Gasteiger partial charge on any atom is -0.444 e. The van der Waals surface area contributed by atoms with Crippen LogP contribution in [-0.2, 0) is 75.2 Å². The number of carbonyl (C=O) groups excluding carboxylic acids is 12. The number of nitrogens with zero attached hydrogens (tertiary/aromatic N) is 4. The molecule has 28 heteroatoms. The van der Waals surface area contributed by atoms with E-state index in [-0.39, 0.29) is 111 Å². The van der Waals surface area contributed by atoms with Crippen LogP contribution in [0.5, 0.6) is 0 Å². The first-order valence-corrected chi connectivity index (χ1v) is 36.3. The maximum Gasteiger partial charge on any atom is 0.411 e. The number of anilines is 3. The lowest BCUT2D eigenvalue weighted by Gasteiger charge is -2.41. The van der Waals surface area contributed by atoms with Crippen LogP contribution in [-0.4, -0.2) is 200 Å². The zero-order valence-electron chi connectivity index (χ0n) is 63.0. The number of amides is 13. The summed E-state index contributed by atoms with van der Waals surface area (Å²) >= 11 is 0. The van der Waals surface area contributed by atoms with Gasteiger partial charge in [0.15, 0.2) is 0 Å². The van der Waals surface area contributed by atoms with Crippen LogP contribution in [0.2, 0.25) is 0 Å². The Morgan fingerprint density at radius 3 is 1.76 bits per heavy atom. The van der Waals surface area contributed by atoms with E-state index in [4.69, 9.17) is 19.9 Å². The Labute approximate surface area is 612 Å². The van der Waals surface area contributed by atoms with Crippen LogP contribution in [0.25, 0.3) is 0 Å². The van der Waals surface area contributed by atoms with E-state index < -0.39 is 96.2 Å². The number of likely N-dealkylation sites (N-methyl/N-ethyl adjacent to an activating group) is 2. The van der Waals surface area contributed by atoms with Crippen LogP contribution in [0.1, 0.15) is 144 Å². The second kappa shape index (κ2) is 42.5. The van der Waals surface area contributed by atoms with Gasteiger partial charge in [-0.1, -0.05) is 124 Å². The summed E-state index contributed by atoms with van der Waals surface area (Å²) in [6.07, 6.45) is 4.67. The lowest BCUT2D eigenvalue weighted by atomic mass is 9.88. The van der Waals surface area contributed by atoms with E-state index in [0.717, 1.165) is 10.5 Å². The Kier molecular flexibility index (Phi) is 34.9. The molecule has 0 aromatic heterocycles. The fourth-order valence-electron chi connectivity index (χ4n) is 13.2. The lowest BCUT2D eigenvalue weighted by Crippen LogP contribution is -2.60. The molecule has 0 unspecified atom stereocenters. The summed E-state index contributed by atoms with van der Waals surface area (Å²) in [6.45, 7) is 17.7. The number of nitrogens with one attached hydrogen (secondary N) is 8. The quantitative estimate of drug-likeness (QED) is 0.0212. The van der Waals surface area contributed by atoms with E-state index in [1.165, 1.54) is 26.4 Å². The zero-order valence-corrected chi connectivity index (χ0v) is 63.0. The third kappa shape index (κ3) is 25.8. The van der Waals surface area contributed by atoms with Crippen molar-refractivity contribution in [3.63, 3.8) is 0 Å². The average Bonchev–Trinajstić information content (AvgIpc) is 1.52. The number of nitrogens with two attached hydrogens (primary N) is 1. The molecule has 2 aliphatic heterocycles. The van der Waals surface area contributed by atoms with E-state index in [9.17, 15) is 57.5 Å². The van der Waals surface area contributed by atoms with Crippen molar-refractivity contribution in [3.8, 4) is 0 Å². The number of hydrogen-bond donors (Lipinski definition) is 9. The Morgan fingerprint density at radius 2 is 1.20 bits per heavy atom. The van der Waals surface area contributed by atoms with E-state index >= 15 is 0 Å². The minimum absolute atomic E-state index is 0.00873. The summed E-state index contributed by atoms with van der Waals surface area (Å²) in [6, 6.07) is 15.7. The van der Waals surface area contributed by atoms with Crippen molar-refractivity contribution in [2.75, 3.05) is 70.9 Å². The van der Waals surface area contributed by atoms with Crippen molar-refractivity contribution in [1.29, 1.82) is 0 Å². The number of ether oxygens (including phenoxy) is 3. The monoisotopic (exact) mass is 1450 g/mol. The molecular weight excluding hydrogens is 1330 g/mol. The van der Waals surface area contributed by atoms with Crippen molar-refractivity contribution in [3.05, 3.63) is 102 Å². The first-order chi connectivity index (χ1) is 49.4. The van der Waals surface area contributed by atoms with Crippen molar-refractivity contribution < 1.29 is 71.7 Å². The van der Waals surface area contributed by atoms with Gasteiger partial charge in [-0.05, 0) is 124 Å². The minimum atomic E-state index is -1.10. The highest BCUT2D eigenvalue weighted by atomic mass is 16.5. The lowest BCUT2D eigenvalue weighted by molar-refractivity contribution is -0.148. The Balaban J connectivity index is 1.17.